The van der Waals surface area contributed by atoms with Crippen molar-refractivity contribution in [2.45, 2.75) is 0 Å². The van der Waals surface area contributed by atoms with Crippen LogP contribution in [0.5, 0.6) is 11.5 Å². The summed E-state index contributed by atoms with van der Waals surface area (Å²) in [5.74, 6) is 1.09. The Labute approximate surface area is 138 Å². The molecule has 1 amide bonds. The molecule has 0 unspecified atom stereocenters. The van der Waals surface area contributed by atoms with E-state index in [1.165, 1.54) is 0 Å². The lowest BCUT2D eigenvalue weighted by Crippen LogP contribution is -2.33. The molecule has 6 nitrogen and oxygen atoms in total. The Bertz CT molecular complexity index is 487. The molecule has 0 bridgehead atoms. The minimum Gasteiger partial charge on any atom is -0.454 e. The second kappa shape index (κ2) is 9.09. The molecule has 118 valence electrons. The minimum atomic E-state index is -0.141. The summed E-state index contributed by atoms with van der Waals surface area (Å²) in [6, 6.07) is 3.40. The van der Waals surface area contributed by atoms with E-state index in [2.05, 4.69) is 26.6 Å². The molecular formula is C13H18BrClN2O4. The summed E-state index contributed by atoms with van der Waals surface area (Å²) in [6.45, 7) is 2.85. The second-order valence-corrected chi connectivity index (χ2v) is 5.04. The van der Waals surface area contributed by atoms with E-state index in [4.69, 9.17) is 14.2 Å². The van der Waals surface area contributed by atoms with Crippen molar-refractivity contribution in [3.63, 3.8) is 0 Å². The van der Waals surface area contributed by atoms with E-state index in [0.717, 1.165) is 11.0 Å². The standard InChI is InChI=1S/C13H17BrN2O4.ClH/c1-18-5-4-15-2-3-16-13(17)9-6-10(14)12-11(7-9)19-8-20-12;/h6-7,15H,2-5,8H2,1H3,(H,16,17);1H. The molecule has 1 heterocycles. The van der Waals surface area contributed by atoms with Crippen molar-refractivity contribution < 1.29 is 19.0 Å². The minimum absolute atomic E-state index is 0. The highest BCUT2D eigenvalue weighted by molar-refractivity contribution is 9.10. The van der Waals surface area contributed by atoms with E-state index in [-0.39, 0.29) is 25.1 Å². The zero-order chi connectivity index (χ0) is 14.4. The predicted molar refractivity (Wildman–Crippen MR) is 84.6 cm³/mol. The van der Waals surface area contributed by atoms with Crippen molar-refractivity contribution in [1.29, 1.82) is 0 Å². The molecule has 1 aliphatic heterocycles. The Kier molecular flexibility index (Phi) is 7.81. The van der Waals surface area contributed by atoms with E-state index in [1.54, 1.807) is 19.2 Å². The van der Waals surface area contributed by atoms with Gasteiger partial charge in [0.05, 0.1) is 11.1 Å². The Balaban J connectivity index is 0.00000220. The smallest absolute Gasteiger partial charge is 0.251 e. The zero-order valence-corrected chi connectivity index (χ0v) is 14.0. The van der Waals surface area contributed by atoms with Crippen LogP contribution in [-0.2, 0) is 4.74 Å². The number of carbonyl (C=O) groups excluding carboxylic acids is 1. The van der Waals surface area contributed by atoms with Crippen LogP contribution in [0.15, 0.2) is 16.6 Å². The Hall–Kier alpha value is -1.02. The molecule has 0 saturated carbocycles. The number of nitrogens with one attached hydrogen (secondary N) is 2. The fourth-order valence-electron chi connectivity index (χ4n) is 1.76. The SMILES string of the molecule is COCCNCCNC(=O)c1cc(Br)c2c(c1)OCO2.Cl. The Morgan fingerprint density at radius 1 is 1.33 bits per heavy atom. The fourth-order valence-corrected chi connectivity index (χ4v) is 2.32. The monoisotopic (exact) mass is 380 g/mol. The van der Waals surface area contributed by atoms with Crippen molar-refractivity contribution in [3.05, 3.63) is 22.2 Å². The molecule has 1 aromatic rings. The van der Waals surface area contributed by atoms with E-state index in [9.17, 15) is 4.79 Å². The first-order valence-electron chi connectivity index (χ1n) is 6.29. The summed E-state index contributed by atoms with van der Waals surface area (Å²) in [6.07, 6.45) is 0. The lowest BCUT2D eigenvalue weighted by molar-refractivity contribution is 0.0953. The number of rotatable bonds is 7. The molecule has 1 aromatic carbocycles. The molecule has 1 aliphatic rings. The topological polar surface area (TPSA) is 68.8 Å². The number of amides is 1. The molecule has 0 fully saturated rings. The van der Waals surface area contributed by atoms with E-state index in [1.807, 2.05) is 0 Å². The summed E-state index contributed by atoms with van der Waals surface area (Å²) in [5, 5.41) is 5.99. The molecule has 2 rings (SSSR count). The molecule has 21 heavy (non-hydrogen) atoms. The number of ether oxygens (including phenoxy) is 3. The van der Waals surface area contributed by atoms with Crippen molar-refractivity contribution in [2.75, 3.05) is 40.1 Å². The quantitative estimate of drug-likeness (QED) is 0.702. The van der Waals surface area contributed by atoms with Crippen LogP contribution in [0.2, 0.25) is 0 Å². The highest BCUT2D eigenvalue weighted by Gasteiger charge is 2.20. The van der Waals surface area contributed by atoms with Gasteiger partial charge in [-0.05, 0) is 28.1 Å². The average molecular weight is 382 g/mol. The number of hydrogen-bond donors (Lipinski definition) is 2. The summed E-state index contributed by atoms with van der Waals surface area (Å²) in [5.41, 5.74) is 0.540. The summed E-state index contributed by atoms with van der Waals surface area (Å²) in [7, 11) is 1.65. The molecule has 0 spiro atoms. The van der Waals surface area contributed by atoms with Crippen LogP contribution in [0.25, 0.3) is 0 Å². The number of halogens is 2. The van der Waals surface area contributed by atoms with Gasteiger partial charge in [0.25, 0.3) is 5.91 Å². The first-order chi connectivity index (χ1) is 9.72. The van der Waals surface area contributed by atoms with Crippen LogP contribution in [0.4, 0.5) is 0 Å². The van der Waals surface area contributed by atoms with Gasteiger partial charge in [-0.2, -0.15) is 0 Å². The lowest BCUT2D eigenvalue weighted by atomic mass is 10.2. The predicted octanol–water partition coefficient (Wildman–Crippen LogP) is 1.57. The number of hydrogen-bond acceptors (Lipinski definition) is 5. The van der Waals surface area contributed by atoms with Crippen LogP contribution in [0.1, 0.15) is 10.4 Å². The summed E-state index contributed by atoms with van der Waals surface area (Å²) in [4.78, 5) is 12.0. The number of methoxy groups -OCH3 is 1. The van der Waals surface area contributed by atoms with Gasteiger partial charge >= 0.3 is 0 Å². The van der Waals surface area contributed by atoms with Gasteiger partial charge in [0.15, 0.2) is 11.5 Å². The van der Waals surface area contributed by atoms with Gasteiger partial charge in [0.1, 0.15) is 0 Å². The largest absolute Gasteiger partial charge is 0.454 e. The van der Waals surface area contributed by atoms with Gasteiger partial charge in [-0.1, -0.05) is 0 Å². The molecule has 0 radical (unpaired) electrons. The molecule has 0 saturated heterocycles. The lowest BCUT2D eigenvalue weighted by Gasteiger charge is -2.08. The molecule has 0 atom stereocenters. The third-order valence-electron chi connectivity index (χ3n) is 2.76. The second-order valence-electron chi connectivity index (χ2n) is 4.19. The van der Waals surface area contributed by atoms with Gasteiger partial charge in [-0.15, -0.1) is 12.4 Å². The van der Waals surface area contributed by atoms with Gasteiger partial charge in [0.2, 0.25) is 6.79 Å². The van der Waals surface area contributed by atoms with E-state index < -0.39 is 0 Å². The van der Waals surface area contributed by atoms with Gasteiger partial charge in [0, 0.05) is 32.3 Å². The first-order valence-corrected chi connectivity index (χ1v) is 7.08. The van der Waals surface area contributed by atoms with Gasteiger partial charge in [-0.3, -0.25) is 4.79 Å². The maximum Gasteiger partial charge on any atom is 0.251 e. The maximum absolute atomic E-state index is 12.0. The third-order valence-corrected chi connectivity index (χ3v) is 3.35. The van der Waals surface area contributed by atoms with Crippen molar-refractivity contribution >= 4 is 34.2 Å². The number of carbonyl (C=O) groups is 1. The normalized spacial score (nSPS) is 11.9. The van der Waals surface area contributed by atoms with Crippen LogP contribution in [-0.4, -0.2) is 46.1 Å². The van der Waals surface area contributed by atoms with Crippen LogP contribution >= 0.6 is 28.3 Å². The van der Waals surface area contributed by atoms with E-state index >= 15 is 0 Å². The van der Waals surface area contributed by atoms with Crippen molar-refractivity contribution in [3.8, 4) is 11.5 Å². The fraction of sp³-hybridized carbons (Fsp3) is 0.462. The summed E-state index contributed by atoms with van der Waals surface area (Å²) < 4.78 is 16.2. The summed E-state index contributed by atoms with van der Waals surface area (Å²) >= 11 is 3.37. The highest BCUT2D eigenvalue weighted by atomic mass is 79.9. The van der Waals surface area contributed by atoms with Crippen LogP contribution in [0.3, 0.4) is 0 Å². The first kappa shape index (κ1) is 18.0. The number of fused-ring (bicyclic) bond motifs is 1. The third kappa shape index (κ3) is 5.03. The molecule has 8 heteroatoms. The maximum atomic E-state index is 12.0. The molecule has 2 N–H and O–H groups in total. The Morgan fingerprint density at radius 2 is 2.14 bits per heavy atom. The van der Waals surface area contributed by atoms with Gasteiger partial charge < -0.3 is 24.8 Å². The average Bonchev–Trinajstić information content (AvgIpc) is 2.91. The molecular weight excluding hydrogens is 364 g/mol. The van der Waals surface area contributed by atoms with Gasteiger partial charge in [-0.25, -0.2) is 0 Å². The Morgan fingerprint density at radius 3 is 2.90 bits per heavy atom. The highest BCUT2D eigenvalue weighted by Crippen LogP contribution is 2.39. The van der Waals surface area contributed by atoms with Crippen molar-refractivity contribution in [2.24, 2.45) is 0 Å². The van der Waals surface area contributed by atoms with Crippen molar-refractivity contribution in [1.82, 2.24) is 10.6 Å². The van der Waals surface area contributed by atoms with Crippen LogP contribution in [0, 0.1) is 0 Å². The van der Waals surface area contributed by atoms with Crippen LogP contribution < -0.4 is 20.1 Å². The zero-order valence-electron chi connectivity index (χ0n) is 11.6. The molecule has 0 aromatic heterocycles. The van der Waals surface area contributed by atoms with E-state index in [0.29, 0.717) is 36.8 Å². The molecule has 0 aliphatic carbocycles. The number of benzene rings is 1.